The number of rotatable bonds is 2. The van der Waals surface area contributed by atoms with Crippen LogP contribution in [0.15, 0.2) is 12.2 Å². The van der Waals surface area contributed by atoms with Crippen LogP contribution >= 0.6 is 0 Å². The van der Waals surface area contributed by atoms with E-state index in [-0.39, 0.29) is 11.2 Å². The van der Waals surface area contributed by atoms with Crippen molar-refractivity contribution in [1.82, 2.24) is 0 Å². The van der Waals surface area contributed by atoms with Crippen molar-refractivity contribution in [3.63, 3.8) is 0 Å². The van der Waals surface area contributed by atoms with Crippen molar-refractivity contribution in [2.75, 3.05) is 0 Å². The third-order valence-corrected chi connectivity index (χ3v) is 1.42. The summed E-state index contributed by atoms with van der Waals surface area (Å²) in [6.45, 7) is 7.25. The minimum Gasteiger partial charge on any atom is -0.384 e. The molecule has 0 aliphatic carbocycles. The Morgan fingerprint density at radius 3 is 2.18 bits per heavy atom. The Balaban J connectivity index is 4.26. The maximum atomic E-state index is 11.1. The number of allylic oxidation sites excluding steroid dienone is 1. The highest BCUT2D eigenvalue weighted by atomic mass is 16.3. The van der Waals surface area contributed by atoms with Crippen LogP contribution in [0.5, 0.6) is 0 Å². The highest BCUT2D eigenvalue weighted by Gasteiger charge is 2.26. The highest BCUT2D eigenvalue weighted by Crippen LogP contribution is 2.19. The number of hydrogen-bond acceptors (Lipinski definition) is 2. The summed E-state index contributed by atoms with van der Waals surface area (Å²) in [7, 11) is 0. The normalized spacial score (nSPS) is 15.4. The Hall–Kier alpha value is -0.630. The second-order valence-electron chi connectivity index (χ2n) is 3.67. The quantitative estimate of drug-likeness (QED) is 0.616. The molecular weight excluding hydrogens is 140 g/mol. The van der Waals surface area contributed by atoms with Crippen LogP contribution in [0, 0.1) is 5.41 Å². The average molecular weight is 156 g/mol. The zero-order valence-corrected chi connectivity index (χ0v) is 7.59. The second kappa shape index (κ2) is 3.67. The lowest BCUT2D eigenvalue weighted by Gasteiger charge is -2.23. The molecule has 0 aliphatic rings. The molecule has 2 nitrogen and oxygen atoms in total. The van der Waals surface area contributed by atoms with Crippen LogP contribution in [-0.4, -0.2) is 17.0 Å². The summed E-state index contributed by atoms with van der Waals surface area (Å²) in [5.41, 5.74) is -0.364. The van der Waals surface area contributed by atoms with Gasteiger partial charge in [-0.05, 0) is 18.4 Å². The van der Waals surface area contributed by atoms with Crippen molar-refractivity contribution in [3.05, 3.63) is 12.2 Å². The molecule has 0 aliphatic heterocycles. The van der Waals surface area contributed by atoms with Gasteiger partial charge >= 0.3 is 0 Å². The molecule has 0 fully saturated rings. The topological polar surface area (TPSA) is 37.3 Å². The first-order valence-electron chi connectivity index (χ1n) is 3.74. The van der Waals surface area contributed by atoms with Crippen LogP contribution < -0.4 is 0 Å². The molecule has 0 saturated heterocycles. The summed E-state index contributed by atoms with van der Waals surface area (Å²) in [6.07, 6.45) is 2.14. The van der Waals surface area contributed by atoms with Gasteiger partial charge in [0.2, 0.25) is 0 Å². The molecule has 0 heterocycles. The minimum atomic E-state index is -0.890. The fraction of sp³-hybridized carbons (Fsp3) is 0.667. The Labute approximate surface area is 67.9 Å². The molecule has 64 valence electrons. The molecular formula is C9H16O2. The van der Waals surface area contributed by atoms with Gasteiger partial charge in [0.05, 0.1) is 0 Å². The largest absolute Gasteiger partial charge is 0.384 e. The number of hydrogen-bond donors (Lipinski definition) is 1. The Bertz CT molecular complexity index is 163. The lowest BCUT2D eigenvalue weighted by Crippen LogP contribution is -2.32. The molecule has 0 spiro atoms. The van der Waals surface area contributed by atoms with Gasteiger partial charge in [-0.15, -0.1) is 0 Å². The lowest BCUT2D eigenvalue weighted by molar-refractivity contribution is -0.127. The van der Waals surface area contributed by atoms with Crippen molar-refractivity contribution in [2.45, 2.75) is 33.8 Å². The molecule has 0 saturated carbocycles. The van der Waals surface area contributed by atoms with E-state index >= 15 is 0 Å². The molecule has 11 heavy (non-hydrogen) atoms. The van der Waals surface area contributed by atoms with E-state index in [9.17, 15) is 9.90 Å². The number of carbonyl (C=O) groups is 1. The molecule has 0 bridgehead atoms. The number of ketones is 1. The van der Waals surface area contributed by atoms with Gasteiger partial charge in [-0.1, -0.05) is 26.8 Å². The van der Waals surface area contributed by atoms with E-state index in [0.717, 1.165) is 0 Å². The summed E-state index contributed by atoms with van der Waals surface area (Å²) < 4.78 is 0. The van der Waals surface area contributed by atoms with Gasteiger partial charge in [-0.25, -0.2) is 0 Å². The van der Waals surface area contributed by atoms with Crippen LogP contribution in [0.4, 0.5) is 0 Å². The predicted octanol–water partition coefficient (Wildman–Crippen LogP) is 1.54. The predicted molar refractivity (Wildman–Crippen MR) is 45.3 cm³/mol. The van der Waals surface area contributed by atoms with Gasteiger partial charge < -0.3 is 5.11 Å². The maximum Gasteiger partial charge on any atom is 0.184 e. The van der Waals surface area contributed by atoms with Crippen molar-refractivity contribution in [2.24, 2.45) is 5.41 Å². The molecule has 2 heteroatoms. The van der Waals surface area contributed by atoms with E-state index in [4.69, 9.17) is 0 Å². The van der Waals surface area contributed by atoms with Crippen molar-refractivity contribution in [3.8, 4) is 0 Å². The van der Waals surface area contributed by atoms with Gasteiger partial charge in [-0.3, -0.25) is 4.79 Å². The molecule has 0 aromatic heterocycles. The van der Waals surface area contributed by atoms with Crippen LogP contribution in [0.3, 0.4) is 0 Å². The summed E-state index contributed by atoms with van der Waals surface area (Å²) in [5, 5.41) is 9.38. The van der Waals surface area contributed by atoms with E-state index in [1.807, 2.05) is 20.8 Å². The second-order valence-corrected chi connectivity index (χ2v) is 3.67. The summed E-state index contributed by atoms with van der Waals surface area (Å²) in [6, 6.07) is 0. The SMILES string of the molecule is CC=CC(=O)C(O)C(C)(C)C. The molecule has 0 rings (SSSR count). The van der Waals surface area contributed by atoms with Crippen LogP contribution in [0.25, 0.3) is 0 Å². The monoisotopic (exact) mass is 156 g/mol. The van der Waals surface area contributed by atoms with Crippen molar-refractivity contribution >= 4 is 5.78 Å². The van der Waals surface area contributed by atoms with E-state index in [2.05, 4.69) is 0 Å². The number of carbonyl (C=O) groups excluding carboxylic acids is 1. The van der Waals surface area contributed by atoms with Crippen molar-refractivity contribution in [1.29, 1.82) is 0 Å². The lowest BCUT2D eigenvalue weighted by atomic mass is 9.86. The Kier molecular flexibility index (Phi) is 3.46. The molecule has 0 amide bonds. The van der Waals surface area contributed by atoms with Gasteiger partial charge in [0.15, 0.2) is 5.78 Å². The fourth-order valence-electron chi connectivity index (χ4n) is 0.682. The van der Waals surface area contributed by atoms with Gasteiger partial charge in [-0.2, -0.15) is 0 Å². The summed E-state index contributed by atoms with van der Waals surface area (Å²) in [4.78, 5) is 11.1. The average Bonchev–Trinajstić information content (AvgIpc) is 1.85. The molecule has 0 aromatic carbocycles. The number of aliphatic hydroxyl groups is 1. The van der Waals surface area contributed by atoms with Gasteiger partial charge in [0, 0.05) is 0 Å². The van der Waals surface area contributed by atoms with Crippen LogP contribution in [0.1, 0.15) is 27.7 Å². The number of aliphatic hydroxyl groups excluding tert-OH is 1. The first kappa shape index (κ1) is 10.4. The zero-order chi connectivity index (χ0) is 9.07. The maximum absolute atomic E-state index is 11.1. The molecule has 0 radical (unpaired) electrons. The third kappa shape index (κ3) is 3.33. The standard InChI is InChI=1S/C9H16O2/c1-5-6-7(10)8(11)9(2,3)4/h5-6,8,11H,1-4H3. The van der Waals surface area contributed by atoms with E-state index in [1.165, 1.54) is 6.08 Å². The molecule has 1 atom stereocenters. The first-order valence-corrected chi connectivity index (χ1v) is 3.74. The van der Waals surface area contributed by atoms with Crippen LogP contribution in [-0.2, 0) is 4.79 Å². The van der Waals surface area contributed by atoms with Gasteiger partial charge in [0.1, 0.15) is 6.10 Å². The Morgan fingerprint density at radius 1 is 1.45 bits per heavy atom. The molecule has 1 N–H and O–H groups in total. The first-order chi connectivity index (χ1) is 4.89. The van der Waals surface area contributed by atoms with Gasteiger partial charge in [0.25, 0.3) is 0 Å². The van der Waals surface area contributed by atoms with E-state index < -0.39 is 6.10 Å². The minimum absolute atomic E-state index is 0.222. The fourth-order valence-corrected chi connectivity index (χ4v) is 0.682. The highest BCUT2D eigenvalue weighted by molar-refractivity contribution is 5.93. The molecule has 0 aromatic rings. The van der Waals surface area contributed by atoms with Crippen molar-refractivity contribution < 1.29 is 9.90 Å². The summed E-state index contributed by atoms with van der Waals surface area (Å²) in [5.74, 6) is -0.222. The summed E-state index contributed by atoms with van der Waals surface area (Å²) >= 11 is 0. The third-order valence-electron chi connectivity index (χ3n) is 1.42. The zero-order valence-electron chi connectivity index (χ0n) is 7.59. The van der Waals surface area contributed by atoms with E-state index in [0.29, 0.717) is 0 Å². The Morgan fingerprint density at radius 2 is 1.91 bits per heavy atom. The van der Waals surface area contributed by atoms with E-state index in [1.54, 1.807) is 13.0 Å². The molecule has 1 unspecified atom stereocenters. The van der Waals surface area contributed by atoms with Crippen LogP contribution in [0.2, 0.25) is 0 Å². The smallest absolute Gasteiger partial charge is 0.184 e.